The van der Waals surface area contributed by atoms with E-state index in [9.17, 15) is 0 Å². The number of hydrogen-bond donors (Lipinski definition) is 0. The average molecular weight is 718 g/mol. The lowest BCUT2D eigenvalue weighted by molar-refractivity contribution is 0.669. The Hall–Kier alpha value is -6.94. The molecular weight excluding hydrogens is 687 g/mol. The van der Waals surface area contributed by atoms with E-state index in [1.54, 1.807) is 0 Å². The molecule has 0 fully saturated rings. The van der Waals surface area contributed by atoms with E-state index < -0.39 is 0 Å². The predicted molar refractivity (Wildman–Crippen MR) is 237 cm³/mol. The second-order valence-corrected chi connectivity index (χ2v) is 15.5. The highest BCUT2D eigenvalue weighted by Crippen LogP contribution is 2.46. The number of rotatable bonds is 4. The highest BCUT2D eigenvalue weighted by molar-refractivity contribution is 7.25. The quantitative estimate of drug-likeness (QED) is 0.169. The van der Waals surface area contributed by atoms with E-state index in [0.29, 0.717) is 0 Å². The summed E-state index contributed by atoms with van der Waals surface area (Å²) in [4.78, 5) is 2.43. The summed E-state index contributed by atoms with van der Waals surface area (Å²) in [5, 5.41) is 14.9. The zero-order valence-corrected chi connectivity index (χ0v) is 30.5. The Morgan fingerprint density at radius 1 is 0.327 bits per heavy atom. The first-order chi connectivity index (χ1) is 27.3. The number of thiophene rings is 1. The third kappa shape index (κ3) is 4.60. The Kier molecular flexibility index (Phi) is 6.54. The van der Waals surface area contributed by atoms with Crippen molar-refractivity contribution in [1.29, 1.82) is 0 Å². The van der Waals surface area contributed by atoms with Crippen LogP contribution in [0.1, 0.15) is 0 Å². The molecule has 0 amide bonds. The molecule has 0 aliphatic heterocycles. The van der Waals surface area contributed by atoms with E-state index >= 15 is 0 Å². The zero-order valence-electron chi connectivity index (χ0n) is 29.7. The van der Waals surface area contributed by atoms with Gasteiger partial charge in [0.15, 0.2) is 0 Å². The van der Waals surface area contributed by atoms with Crippen molar-refractivity contribution in [3.63, 3.8) is 0 Å². The largest absolute Gasteiger partial charge is 0.456 e. The molecule has 0 bridgehead atoms. The van der Waals surface area contributed by atoms with E-state index in [1.807, 2.05) is 23.5 Å². The van der Waals surface area contributed by atoms with Crippen LogP contribution in [0.25, 0.3) is 96.3 Å². The molecule has 2 nitrogen and oxygen atoms in total. The van der Waals surface area contributed by atoms with Crippen LogP contribution in [-0.2, 0) is 0 Å². The number of anilines is 3. The van der Waals surface area contributed by atoms with Gasteiger partial charge < -0.3 is 9.32 Å². The molecule has 10 aromatic carbocycles. The van der Waals surface area contributed by atoms with Crippen molar-refractivity contribution in [1.82, 2.24) is 0 Å². The topological polar surface area (TPSA) is 16.4 Å². The minimum atomic E-state index is 0.890. The Bertz CT molecular complexity index is 3400. The van der Waals surface area contributed by atoms with Gasteiger partial charge in [-0.3, -0.25) is 0 Å². The molecule has 2 heterocycles. The third-order valence-electron chi connectivity index (χ3n) is 11.5. The summed E-state index contributed by atoms with van der Waals surface area (Å²) >= 11 is 1.85. The minimum absolute atomic E-state index is 0.890. The number of para-hydroxylation sites is 1. The first kappa shape index (κ1) is 30.5. The van der Waals surface area contributed by atoms with Crippen molar-refractivity contribution in [3.8, 4) is 11.1 Å². The van der Waals surface area contributed by atoms with Gasteiger partial charge in [0, 0.05) is 47.7 Å². The number of fused-ring (bicyclic) bond motifs is 12. The molecule has 0 N–H and O–H groups in total. The Balaban J connectivity index is 1.10. The second-order valence-electron chi connectivity index (χ2n) is 14.4. The van der Waals surface area contributed by atoms with Gasteiger partial charge in [-0.05, 0) is 103 Å². The van der Waals surface area contributed by atoms with E-state index in [1.165, 1.54) is 74.4 Å². The molecule has 0 radical (unpaired) electrons. The Labute approximate surface area is 320 Å². The molecule has 0 aliphatic rings. The van der Waals surface area contributed by atoms with Gasteiger partial charge in [-0.1, -0.05) is 133 Å². The van der Waals surface area contributed by atoms with Crippen LogP contribution in [0.4, 0.5) is 17.1 Å². The lowest BCUT2D eigenvalue weighted by atomic mass is 9.90. The fourth-order valence-electron chi connectivity index (χ4n) is 8.94. The van der Waals surface area contributed by atoms with Crippen LogP contribution >= 0.6 is 11.3 Å². The second kappa shape index (κ2) is 11.8. The number of nitrogens with zero attached hydrogens (tertiary/aromatic N) is 1. The first-order valence-electron chi connectivity index (χ1n) is 18.7. The van der Waals surface area contributed by atoms with Crippen molar-refractivity contribution in [2.24, 2.45) is 0 Å². The number of hydrogen-bond acceptors (Lipinski definition) is 3. The molecule has 12 rings (SSSR count). The molecule has 0 atom stereocenters. The minimum Gasteiger partial charge on any atom is -0.456 e. The van der Waals surface area contributed by atoms with Crippen LogP contribution in [0.2, 0.25) is 0 Å². The number of benzene rings is 10. The normalized spacial score (nSPS) is 12.0. The summed E-state index contributed by atoms with van der Waals surface area (Å²) in [6, 6.07) is 68.7. The van der Waals surface area contributed by atoms with Crippen LogP contribution < -0.4 is 4.90 Å². The van der Waals surface area contributed by atoms with Gasteiger partial charge in [0.25, 0.3) is 0 Å². The third-order valence-corrected chi connectivity index (χ3v) is 12.6. The SMILES string of the molecule is c1ccc2c(c1)ccc1c3cccc(-c4ccc(N(c5ccc6oc7ccccc7c6c5)c5ccc6sc7ccccc7c6c5)c5ccccc45)c3ccc21. The molecule has 256 valence electrons. The zero-order chi connectivity index (χ0) is 36.0. The maximum Gasteiger partial charge on any atom is 0.135 e. The van der Waals surface area contributed by atoms with Gasteiger partial charge in [0.05, 0.1) is 5.69 Å². The van der Waals surface area contributed by atoms with E-state index in [0.717, 1.165) is 39.0 Å². The summed E-state index contributed by atoms with van der Waals surface area (Å²) in [6.45, 7) is 0. The van der Waals surface area contributed by atoms with Gasteiger partial charge in [0.2, 0.25) is 0 Å². The standard InChI is InChI=1S/C52H31NOS/c1-2-11-35-32(10-1)20-23-40-36-16-9-17-37(41(36)25-24-39(35)40)42-26-27-48(43-13-4-3-12-38(42)43)53(33-21-28-50-46(30-33)44-14-5-7-18-49(44)54-50)34-22-29-52-47(31-34)45-15-6-8-19-51(45)55-52/h1-31H. The monoisotopic (exact) mass is 717 g/mol. The van der Waals surface area contributed by atoms with Crippen LogP contribution in [0.5, 0.6) is 0 Å². The summed E-state index contributed by atoms with van der Waals surface area (Å²) in [5.41, 5.74) is 7.58. The molecule has 12 aromatic rings. The molecule has 0 saturated carbocycles. The van der Waals surface area contributed by atoms with Crippen LogP contribution in [0.15, 0.2) is 192 Å². The van der Waals surface area contributed by atoms with E-state index in [2.05, 4.69) is 181 Å². The molecule has 55 heavy (non-hydrogen) atoms. The fourth-order valence-corrected chi connectivity index (χ4v) is 10.0. The molecule has 0 spiro atoms. The van der Waals surface area contributed by atoms with Gasteiger partial charge in [-0.2, -0.15) is 0 Å². The van der Waals surface area contributed by atoms with Crippen molar-refractivity contribution >= 4 is 114 Å². The molecule has 0 unspecified atom stereocenters. The smallest absolute Gasteiger partial charge is 0.135 e. The molecule has 0 saturated heterocycles. The van der Waals surface area contributed by atoms with Crippen molar-refractivity contribution in [3.05, 3.63) is 188 Å². The highest BCUT2D eigenvalue weighted by Gasteiger charge is 2.21. The van der Waals surface area contributed by atoms with Gasteiger partial charge in [-0.15, -0.1) is 11.3 Å². The van der Waals surface area contributed by atoms with Gasteiger partial charge in [-0.25, -0.2) is 0 Å². The highest BCUT2D eigenvalue weighted by atomic mass is 32.1. The molecule has 2 aromatic heterocycles. The van der Waals surface area contributed by atoms with Crippen molar-refractivity contribution in [2.45, 2.75) is 0 Å². The lowest BCUT2D eigenvalue weighted by Crippen LogP contribution is -2.10. The van der Waals surface area contributed by atoms with Crippen LogP contribution in [0, 0.1) is 0 Å². The van der Waals surface area contributed by atoms with Crippen LogP contribution in [-0.4, -0.2) is 0 Å². The molecule has 3 heteroatoms. The van der Waals surface area contributed by atoms with Crippen molar-refractivity contribution < 1.29 is 4.42 Å². The van der Waals surface area contributed by atoms with Crippen LogP contribution in [0.3, 0.4) is 0 Å². The predicted octanol–water partition coefficient (Wildman–Crippen LogP) is 15.7. The van der Waals surface area contributed by atoms with Crippen molar-refractivity contribution in [2.75, 3.05) is 4.90 Å². The first-order valence-corrected chi connectivity index (χ1v) is 19.6. The van der Waals surface area contributed by atoms with Gasteiger partial charge >= 0.3 is 0 Å². The summed E-state index contributed by atoms with van der Waals surface area (Å²) < 4.78 is 8.89. The molecular formula is C52H31NOS. The van der Waals surface area contributed by atoms with E-state index in [4.69, 9.17) is 4.42 Å². The Morgan fingerprint density at radius 3 is 1.82 bits per heavy atom. The average Bonchev–Trinajstić information content (AvgIpc) is 3.81. The Morgan fingerprint density at radius 2 is 0.909 bits per heavy atom. The summed E-state index contributed by atoms with van der Waals surface area (Å²) in [6.07, 6.45) is 0. The summed E-state index contributed by atoms with van der Waals surface area (Å²) in [7, 11) is 0. The number of furan rings is 1. The fraction of sp³-hybridized carbons (Fsp3) is 0. The van der Waals surface area contributed by atoms with Gasteiger partial charge in [0.1, 0.15) is 11.2 Å². The lowest BCUT2D eigenvalue weighted by Gasteiger charge is -2.28. The maximum atomic E-state index is 6.29. The molecule has 0 aliphatic carbocycles. The van der Waals surface area contributed by atoms with E-state index in [-0.39, 0.29) is 0 Å². The maximum absolute atomic E-state index is 6.29. The summed E-state index contributed by atoms with van der Waals surface area (Å²) in [5.74, 6) is 0.